The van der Waals surface area contributed by atoms with Gasteiger partial charge in [0.1, 0.15) is 0 Å². The van der Waals surface area contributed by atoms with E-state index < -0.39 is 0 Å². The van der Waals surface area contributed by atoms with E-state index in [-0.39, 0.29) is 0 Å². The monoisotopic (exact) mass is 236 g/mol. The number of pyridine rings is 2. The third-order valence-corrected chi connectivity index (χ3v) is 2.71. The molecule has 3 rings (SSSR count). The van der Waals surface area contributed by atoms with E-state index in [0.717, 1.165) is 5.52 Å². The maximum absolute atomic E-state index is 4.24. The van der Waals surface area contributed by atoms with E-state index in [1.165, 1.54) is 16.5 Å². The molecule has 18 heavy (non-hydrogen) atoms. The minimum absolute atomic E-state index is 1.08. The highest BCUT2D eigenvalue weighted by molar-refractivity contribution is 5.81. The van der Waals surface area contributed by atoms with E-state index in [2.05, 4.69) is 23.0 Å². The Morgan fingerprint density at radius 1 is 0.778 bits per heavy atom. The fraction of sp³-hybridized carbons (Fsp3) is 0.125. The zero-order valence-electron chi connectivity index (χ0n) is 10.7. The summed E-state index contributed by atoms with van der Waals surface area (Å²) in [6.07, 6.45) is 5.42. The van der Waals surface area contributed by atoms with Crippen LogP contribution in [0.2, 0.25) is 0 Å². The molecule has 0 radical (unpaired) electrons. The molecule has 2 nitrogen and oxygen atoms in total. The SMILES string of the molecule is Cc1ccnc2ccccc12.Cc1ccncc1. The van der Waals surface area contributed by atoms with Crippen molar-refractivity contribution in [3.8, 4) is 0 Å². The van der Waals surface area contributed by atoms with Gasteiger partial charge in [0.25, 0.3) is 0 Å². The van der Waals surface area contributed by atoms with Crippen LogP contribution in [0.5, 0.6) is 0 Å². The van der Waals surface area contributed by atoms with Crippen molar-refractivity contribution < 1.29 is 0 Å². The second-order valence-electron chi connectivity index (χ2n) is 4.17. The Hall–Kier alpha value is -2.22. The van der Waals surface area contributed by atoms with Gasteiger partial charge in [-0.15, -0.1) is 0 Å². The fourth-order valence-corrected chi connectivity index (χ4v) is 1.67. The van der Waals surface area contributed by atoms with Crippen LogP contribution in [0.3, 0.4) is 0 Å². The van der Waals surface area contributed by atoms with Crippen molar-refractivity contribution in [2.45, 2.75) is 13.8 Å². The highest BCUT2D eigenvalue weighted by Crippen LogP contribution is 2.13. The summed E-state index contributed by atoms with van der Waals surface area (Å²) in [6, 6.07) is 14.1. The first kappa shape index (κ1) is 12.2. The number of fused-ring (bicyclic) bond motifs is 1. The van der Waals surface area contributed by atoms with Crippen molar-refractivity contribution in [1.82, 2.24) is 9.97 Å². The van der Waals surface area contributed by atoms with Crippen molar-refractivity contribution >= 4 is 10.9 Å². The topological polar surface area (TPSA) is 25.8 Å². The molecule has 0 spiro atoms. The van der Waals surface area contributed by atoms with Crippen molar-refractivity contribution in [2.24, 2.45) is 0 Å². The summed E-state index contributed by atoms with van der Waals surface area (Å²) in [6.45, 7) is 4.14. The molecule has 0 N–H and O–H groups in total. The third-order valence-electron chi connectivity index (χ3n) is 2.71. The van der Waals surface area contributed by atoms with Gasteiger partial charge in [-0.05, 0) is 49.2 Å². The summed E-state index contributed by atoms with van der Waals surface area (Å²) in [4.78, 5) is 8.09. The molecule has 0 unspecified atom stereocenters. The van der Waals surface area contributed by atoms with Gasteiger partial charge >= 0.3 is 0 Å². The number of para-hydroxylation sites is 1. The lowest BCUT2D eigenvalue weighted by atomic mass is 10.1. The number of aryl methyl sites for hydroxylation is 2. The molecule has 0 fully saturated rings. The van der Waals surface area contributed by atoms with Gasteiger partial charge in [-0.25, -0.2) is 0 Å². The number of hydrogen-bond donors (Lipinski definition) is 0. The third kappa shape index (κ3) is 3.14. The first-order valence-electron chi connectivity index (χ1n) is 5.94. The Balaban J connectivity index is 0.000000149. The standard InChI is InChI=1S/C10H9N.C6H7N/c1-8-6-7-11-10-5-3-2-4-9(8)10;1-6-2-4-7-5-3-6/h2-7H,1H3;2-5H,1H3. The van der Waals surface area contributed by atoms with Crippen LogP contribution in [0.4, 0.5) is 0 Å². The predicted molar refractivity (Wildman–Crippen MR) is 75.5 cm³/mol. The summed E-state index contributed by atoms with van der Waals surface area (Å²) in [5.74, 6) is 0. The number of aromatic nitrogens is 2. The summed E-state index contributed by atoms with van der Waals surface area (Å²) >= 11 is 0. The van der Waals surface area contributed by atoms with E-state index in [9.17, 15) is 0 Å². The van der Waals surface area contributed by atoms with Crippen LogP contribution >= 0.6 is 0 Å². The minimum Gasteiger partial charge on any atom is -0.265 e. The number of rotatable bonds is 0. The van der Waals surface area contributed by atoms with Crippen molar-refractivity contribution in [3.63, 3.8) is 0 Å². The van der Waals surface area contributed by atoms with Gasteiger partial charge in [0, 0.05) is 24.0 Å². The molecule has 1 aromatic carbocycles. The quantitative estimate of drug-likeness (QED) is 0.591. The lowest BCUT2D eigenvalue weighted by Crippen LogP contribution is -1.79. The van der Waals surface area contributed by atoms with Crippen LogP contribution in [0.15, 0.2) is 61.1 Å². The average Bonchev–Trinajstić information content (AvgIpc) is 2.41. The van der Waals surface area contributed by atoms with Crippen molar-refractivity contribution in [1.29, 1.82) is 0 Å². The Morgan fingerprint density at radius 3 is 2.11 bits per heavy atom. The predicted octanol–water partition coefficient (Wildman–Crippen LogP) is 3.93. The van der Waals surface area contributed by atoms with Crippen molar-refractivity contribution in [2.75, 3.05) is 0 Å². The second kappa shape index (κ2) is 5.92. The summed E-state index contributed by atoms with van der Waals surface area (Å²) in [7, 11) is 0. The fourth-order valence-electron chi connectivity index (χ4n) is 1.67. The Bertz CT molecular complexity index is 613. The Kier molecular flexibility index (Phi) is 4.02. The normalized spacial score (nSPS) is 9.67. The van der Waals surface area contributed by atoms with Crippen LogP contribution in [0.25, 0.3) is 10.9 Å². The van der Waals surface area contributed by atoms with Crippen LogP contribution in [-0.4, -0.2) is 9.97 Å². The number of benzene rings is 1. The second-order valence-corrected chi connectivity index (χ2v) is 4.17. The summed E-state index contributed by atoms with van der Waals surface area (Å²) in [5.41, 5.74) is 3.62. The Labute approximate surface area is 107 Å². The lowest BCUT2D eigenvalue weighted by molar-refractivity contribution is 1.29. The van der Waals surface area contributed by atoms with E-state index in [1.807, 2.05) is 49.5 Å². The highest BCUT2D eigenvalue weighted by Gasteiger charge is 1.93. The molecule has 0 aliphatic heterocycles. The first-order valence-corrected chi connectivity index (χ1v) is 5.94. The van der Waals surface area contributed by atoms with Gasteiger partial charge in [0.05, 0.1) is 5.52 Å². The molecule has 90 valence electrons. The van der Waals surface area contributed by atoms with Crippen LogP contribution in [0.1, 0.15) is 11.1 Å². The largest absolute Gasteiger partial charge is 0.265 e. The number of hydrogen-bond acceptors (Lipinski definition) is 2. The zero-order valence-corrected chi connectivity index (χ0v) is 10.7. The van der Waals surface area contributed by atoms with Crippen LogP contribution in [0, 0.1) is 13.8 Å². The van der Waals surface area contributed by atoms with E-state index in [0.29, 0.717) is 0 Å². The molecule has 2 heteroatoms. The molecule has 0 aliphatic rings. The lowest BCUT2D eigenvalue weighted by Gasteiger charge is -1.97. The maximum Gasteiger partial charge on any atom is 0.0704 e. The molecular formula is C16H16N2. The highest BCUT2D eigenvalue weighted by atomic mass is 14.6. The number of nitrogens with zero attached hydrogens (tertiary/aromatic N) is 2. The van der Waals surface area contributed by atoms with Gasteiger partial charge in [-0.2, -0.15) is 0 Å². The maximum atomic E-state index is 4.24. The molecule has 0 atom stereocenters. The van der Waals surface area contributed by atoms with Gasteiger partial charge in [0.15, 0.2) is 0 Å². The zero-order chi connectivity index (χ0) is 12.8. The molecule has 2 heterocycles. The van der Waals surface area contributed by atoms with Crippen LogP contribution in [-0.2, 0) is 0 Å². The van der Waals surface area contributed by atoms with Gasteiger partial charge in [-0.3, -0.25) is 9.97 Å². The summed E-state index contributed by atoms with van der Waals surface area (Å²) in [5, 5.41) is 1.25. The first-order chi connectivity index (χ1) is 8.77. The van der Waals surface area contributed by atoms with E-state index >= 15 is 0 Å². The van der Waals surface area contributed by atoms with Crippen molar-refractivity contribution in [3.05, 3.63) is 72.2 Å². The van der Waals surface area contributed by atoms with Crippen LogP contribution < -0.4 is 0 Å². The molecule has 0 aliphatic carbocycles. The Morgan fingerprint density at radius 2 is 1.50 bits per heavy atom. The smallest absolute Gasteiger partial charge is 0.0704 e. The summed E-state index contributed by atoms with van der Waals surface area (Å²) < 4.78 is 0. The van der Waals surface area contributed by atoms with Gasteiger partial charge in [-0.1, -0.05) is 18.2 Å². The van der Waals surface area contributed by atoms with E-state index in [1.54, 1.807) is 12.4 Å². The average molecular weight is 236 g/mol. The molecule has 3 aromatic rings. The molecule has 0 bridgehead atoms. The van der Waals surface area contributed by atoms with E-state index in [4.69, 9.17) is 0 Å². The molecule has 0 amide bonds. The minimum atomic E-state index is 1.08. The molecule has 0 saturated heterocycles. The molecular weight excluding hydrogens is 220 g/mol. The van der Waals surface area contributed by atoms with Gasteiger partial charge in [0.2, 0.25) is 0 Å². The molecule has 2 aromatic heterocycles. The molecule has 0 saturated carbocycles. The van der Waals surface area contributed by atoms with Gasteiger partial charge < -0.3 is 0 Å².